The standard InChI is InChI=1S/C16H18N/c1-11-8-12(2)10-15(9-11)17-16-13(3)6-5-7-14(16)4/h6-10,17H,1-4H3. The minimum Gasteiger partial charge on any atom is -0.355 e. The largest absolute Gasteiger partial charge is 0.355 e. The van der Waals surface area contributed by atoms with Crippen molar-refractivity contribution in [1.82, 2.24) is 0 Å². The summed E-state index contributed by atoms with van der Waals surface area (Å²) in [6.07, 6.45) is 0. The van der Waals surface area contributed by atoms with Gasteiger partial charge in [0.25, 0.3) is 0 Å². The predicted octanol–water partition coefficient (Wildman–Crippen LogP) is 4.46. The Morgan fingerprint density at radius 3 is 1.88 bits per heavy atom. The molecule has 0 fully saturated rings. The van der Waals surface area contributed by atoms with Crippen LogP contribution < -0.4 is 5.32 Å². The van der Waals surface area contributed by atoms with Gasteiger partial charge in [-0.25, -0.2) is 0 Å². The molecule has 1 nitrogen and oxygen atoms in total. The molecule has 0 aromatic heterocycles. The molecule has 2 aromatic carbocycles. The van der Waals surface area contributed by atoms with E-state index in [9.17, 15) is 0 Å². The molecule has 87 valence electrons. The van der Waals surface area contributed by atoms with Gasteiger partial charge in [0.2, 0.25) is 0 Å². The maximum absolute atomic E-state index is 3.50. The topological polar surface area (TPSA) is 12.0 Å². The molecule has 0 heterocycles. The Kier molecular flexibility index (Phi) is 3.19. The number of benzene rings is 2. The van der Waals surface area contributed by atoms with Gasteiger partial charge in [0.05, 0.1) is 0 Å². The maximum Gasteiger partial charge on any atom is 0.0444 e. The first-order chi connectivity index (χ1) is 8.06. The number of nitrogens with one attached hydrogen (secondary N) is 1. The fourth-order valence-electron chi connectivity index (χ4n) is 2.14. The highest BCUT2D eigenvalue weighted by molar-refractivity contribution is 5.67. The van der Waals surface area contributed by atoms with Crippen LogP contribution in [0, 0.1) is 33.8 Å². The zero-order valence-electron chi connectivity index (χ0n) is 10.9. The van der Waals surface area contributed by atoms with E-state index in [1.165, 1.54) is 27.9 Å². The second-order valence-electron chi connectivity index (χ2n) is 4.70. The Balaban J connectivity index is 2.38. The molecule has 0 bridgehead atoms. The van der Waals surface area contributed by atoms with E-state index in [1.54, 1.807) is 0 Å². The van der Waals surface area contributed by atoms with Crippen molar-refractivity contribution in [2.75, 3.05) is 5.32 Å². The van der Waals surface area contributed by atoms with Gasteiger partial charge in [-0.05, 0) is 80.3 Å². The molecular formula is C16H18N. The van der Waals surface area contributed by atoms with Crippen molar-refractivity contribution in [2.45, 2.75) is 27.7 Å². The summed E-state index contributed by atoms with van der Waals surface area (Å²) in [4.78, 5) is 0. The van der Waals surface area contributed by atoms with Crippen LogP contribution >= 0.6 is 0 Å². The minimum absolute atomic E-state index is 1.15. The molecule has 0 atom stereocenters. The highest BCUT2D eigenvalue weighted by Crippen LogP contribution is 2.25. The van der Waals surface area contributed by atoms with Crippen LogP contribution in [0.1, 0.15) is 22.3 Å². The zero-order valence-corrected chi connectivity index (χ0v) is 10.9. The fraction of sp³-hybridized carbons (Fsp3) is 0.250. The number of hydrogen-bond acceptors (Lipinski definition) is 1. The van der Waals surface area contributed by atoms with Crippen LogP contribution in [-0.2, 0) is 0 Å². The van der Waals surface area contributed by atoms with Crippen LogP contribution in [0.25, 0.3) is 0 Å². The summed E-state index contributed by atoms with van der Waals surface area (Å²) in [5.74, 6) is 0. The lowest BCUT2D eigenvalue weighted by Gasteiger charge is -2.13. The molecule has 1 radical (unpaired) electrons. The summed E-state index contributed by atoms with van der Waals surface area (Å²) >= 11 is 0. The molecule has 2 aromatic rings. The quantitative estimate of drug-likeness (QED) is 0.794. The first kappa shape index (κ1) is 11.7. The first-order valence-electron chi connectivity index (χ1n) is 5.89. The Labute approximate surface area is 103 Å². The van der Waals surface area contributed by atoms with Gasteiger partial charge in [-0.15, -0.1) is 0 Å². The second kappa shape index (κ2) is 4.62. The maximum atomic E-state index is 3.50. The van der Waals surface area contributed by atoms with E-state index >= 15 is 0 Å². The van der Waals surface area contributed by atoms with Crippen molar-refractivity contribution in [3.63, 3.8) is 0 Å². The molecular weight excluding hydrogens is 206 g/mol. The molecule has 0 aliphatic carbocycles. The molecule has 1 N–H and O–H groups in total. The van der Waals surface area contributed by atoms with Gasteiger partial charge in [-0.3, -0.25) is 0 Å². The summed E-state index contributed by atoms with van der Waals surface area (Å²) in [5, 5.41) is 3.50. The van der Waals surface area contributed by atoms with Crippen LogP contribution in [0.2, 0.25) is 0 Å². The van der Waals surface area contributed by atoms with E-state index in [4.69, 9.17) is 0 Å². The average Bonchev–Trinajstić information content (AvgIpc) is 2.22. The summed E-state index contributed by atoms with van der Waals surface area (Å²) in [5.41, 5.74) is 7.36. The monoisotopic (exact) mass is 224 g/mol. The molecule has 0 amide bonds. The Hall–Kier alpha value is -1.76. The molecule has 0 aliphatic heterocycles. The average molecular weight is 224 g/mol. The molecule has 0 spiro atoms. The van der Waals surface area contributed by atoms with Crippen molar-refractivity contribution < 1.29 is 0 Å². The first-order valence-corrected chi connectivity index (χ1v) is 5.89. The third-order valence-corrected chi connectivity index (χ3v) is 2.88. The third-order valence-electron chi connectivity index (χ3n) is 2.88. The number of hydrogen-bond donors (Lipinski definition) is 1. The SMILES string of the molecule is Cc1cc(C)cc(Nc2c(C)c[c]cc2C)c1. The van der Waals surface area contributed by atoms with Crippen molar-refractivity contribution in [2.24, 2.45) is 0 Å². The lowest BCUT2D eigenvalue weighted by molar-refractivity contribution is 1.33. The molecule has 0 saturated heterocycles. The smallest absolute Gasteiger partial charge is 0.0444 e. The van der Waals surface area contributed by atoms with E-state index < -0.39 is 0 Å². The number of rotatable bonds is 2. The van der Waals surface area contributed by atoms with Crippen LogP contribution in [0.4, 0.5) is 11.4 Å². The van der Waals surface area contributed by atoms with Crippen LogP contribution in [-0.4, -0.2) is 0 Å². The van der Waals surface area contributed by atoms with E-state index in [1.807, 2.05) is 12.1 Å². The summed E-state index contributed by atoms with van der Waals surface area (Å²) in [7, 11) is 0. The van der Waals surface area contributed by atoms with E-state index in [-0.39, 0.29) is 0 Å². The van der Waals surface area contributed by atoms with Crippen molar-refractivity contribution in [3.8, 4) is 0 Å². The Morgan fingerprint density at radius 1 is 0.824 bits per heavy atom. The molecule has 0 unspecified atom stereocenters. The Morgan fingerprint density at radius 2 is 1.35 bits per heavy atom. The molecule has 0 aliphatic rings. The van der Waals surface area contributed by atoms with Gasteiger partial charge < -0.3 is 5.32 Å². The van der Waals surface area contributed by atoms with Gasteiger partial charge >= 0.3 is 0 Å². The second-order valence-corrected chi connectivity index (χ2v) is 4.70. The van der Waals surface area contributed by atoms with Gasteiger partial charge in [0.1, 0.15) is 0 Å². The van der Waals surface area contributed by atoms with Crippen molar-refractivity contribution >= 4 is 11.4 Å². The van der Waals surface area contributed by atoms with E-state index in [2.05, 4.69) is 57.3 Å². The molecule has 17 heavy (non-hydrogen) atoms. The van der Waals surface area contributed by atoms with E-state index in [0.717, 1.165) is 5.69 Å². The van der Waals surface area contributed by atoms with Crippen molar-refractivity contribution in [1.29, 1.82) is 0 Å². The normalized spacial score (nSPS) is 10.4. The zero-order chi connectivity index (χ0) is 12.4. The lowest BCUT2D eigenvalue weighted by Crippen LogP contribution is -1.96. The predicted molar refractivity (Wildman–Crippen MR) is 74.0 cm³/mol. The highest BCUT2D eigenvalue weighted by Gasteiger charge is 2.03. The van der Waals surface area contributed by atoms with Gasteiger partial charge in [-0.2, -0.15) is 0 Å². The number of anilines is 2. The highest BCUT2D eigenvalue weighted by atomic mass is 14.9. The summed E-state index contributed by atoms with van der Waals surface area (Å²) in [6, 6.07) is 13.7. The van der Waals surface area contributed by atoms with E-state index in [0.29, 0.717) is 0 Å². The fourth-order valence-corrected chi connectivity index (χ4v) is 2.14. The molecule has 1 heteroatoms. The number of aryl methyl sites for hydroxylation is 4. The minimum atomic E-state index is 1.15. The van der Waals surface area contributed by atoms with Crippen LogP contribution in [0.5, 0.6) is 0 Å². The van der Waals surface area contributed by atoms with Crippen molar-refractivity contribution in [3.05, 3.63) is 58.7 Å². The third kappa shape index (κ3) is 2.68. The Bertz CT molecular complexity index is 501. The van der Waals surface area contributed by atoms with Gasteiger partial charge in [0.15, 0.2) is 0 Å². The van der Waals surface area contributed by atoms with Gasteiger partial charge in [-0.1, -0.05) is 6.07 Å². The van der Waals surface area contributed by atoms with Gasteiger partial charge in [0, 0.05) is 11.4 Å². The molecule has 0 saturated carbocycles. The van der Waals surface area contributed by atoms with Crippen LogP contribution in [0.15, 0.2) is 30.3 Å². The lowest BCUT2D eigenvalue weighted by atomic mass is 10.1. The summed E-state index contributed by atoms with van der Waals surface area (Å²) in [6.45, 7) is 8.45. The summed E-state index contributed by atoms with van der Waals surface area (Å²) < 4.78 is 0. The van der Waals surface area contributed by atoms with Crippen LogP contribution in [0.3, 0.4) is 0 Å². The molecule has 2 rings (SSSR count).